The van der Waals surface area contributed by atoms with Crippen molar-refractivity contribution in [3.05, 3.63) is 56.7 Å². The third kappa shape index (κ3) is 4.26. The molecule has 0 radical (unpaired) electrons. The molecular formula is C15H17Br2N3O. The van der Waals surface area contributed by atoms with E-state index in [1.807, 2.05) is 30.3 Å². The maximum Gasteiger partial charge on any atom is 0.119 e. The largest absolute Gasteiger partial charge is 0.494 e. The van der Waals surface area contributed by atoms with Gasteiger partial charge in [-0.1, -0.05) is 19.1 Å². The number of rotatable bonds is 6. The summed E-state index contributed by atoms with van der Waals surface area (Å²) in [6.07, 6.45) is 2.74. The average molecular weight is 415 g/mol. The normalized spacial score (nSPS) is 12.2. The second-order valence-electron chi connectivity index (χ2n) is 4.54. The molecule has 0 saturated carbocycles. The zero-order chi connectivity index (χ0) is 15.2. The number of pyridine rings is 1. The van der Waals surface area contributed by atoms with E-state index in [0.717, 1.165) is 39.0 Å². The topological polar surface area (TPSA) is 60.2 Å². The molecule has 21 heavy (non-hydrogen) atoms. The molecular weight excluding hydrogens is 398 g/mol. The summed E-state index contributed by atoms with van der Waals surface area (Å²) < 4.78 is 7.39. The summed E-state index contributed by atoms with van der Waals surface area (Å²) in [4.78, 5) is 4.43. The Hall–Kier alpha value is -0.950. The van der Waals surface area contributed by atoms with Gasteiger partial charge in [-0.3, -0.25) is 10.8 Å². The minimum absolute atomic E-state index is 0.187. The van der Waals surface area contributed by atoms with Crippen molar-refractivity contribution >= 4 is 31.9 Å². The van der Waals surface area contributed by atoms with Gasteiger partial charge >= 0.3 is 0 Å². The second-order valence-corrected chi connectivity index (χ2v) is 6.31. The minimum atomic E-state index is -0.187. The highest BCUT2D eigenvalue weighted by atomic mass is 79.9. The van der Waals surface area contributed by atoms with E-state index >= 15 is 0 Å². The number of nitrogens with zero attached hydrogens (tertiary/aromatic N) is 1. The fraction of sp³-hybridized carbons (Fsp3) is 0.267. The highest BCUT2D eigenvalue weighted by Gasteiger charge is 2.17. The molecule has 0 spiro atoms. The first-order chi connectivity index (χ1) is 10.2. The third-order valence-electron chi connectivity index (χ3n) is 2.96. The lowest BCUT2D eigenvalue weighted by Crippen LogP contribution is -2.29. The van der Waals surface area contributed by atoms with Gasteiger partial charge in [0.25, 0.3) is 0 Å². The maximum atomic E-state index is 5.71. The lowest BCUT2D eigenvalue weighted by atomic mass is 10.0. The first kappa shape index (κ1) is 16.4. The molecule has 1 unspecified atom stereocenters. The zero-order valence-electron chi connectivity index (χ0n) is 11.6. The Morgan fingerprint density at radius 1 is 1.29 bits per heavy atom. The van der Waals surface area contributed by atoms with Gasteiger partial charge in [0.2, 0.25) is 0 Å². The molecule has 0 saturated heterocycles. The number of hydrogen-bond donors (Lipinski definition) is 2. The van der Waals surface area contributed by atoms with Gasteiger partial charge in [0.15, 0.2) is 0 Å². The highest BCUT2D eigenvalue weighted by Crippen LogP contribution is 2.29. The van der Waals surface area contributed by atoms with Crippen molar-refractivity contribution in [3.8, 4) is 5.75 Å². The van der Waals surface area contributed by atoms with Gasteiger partial charge in [-0.05, 0) is 62.0 Å². The molecule has 2 aromatic rings. The number of nitrogens with one attached hydrogen (secondary N) is 1. The van der Waals surface area contributed by atoms with Crippen LogP contribution in [0.3, 0.4) is 0 Å². The van der Waals surface area contributed by atoms with Crippen LogP contribution >= 0.6 is 31.9 Å². The number of ether oxygens (including phenoxy) is 1. The number of aromatic nitrogens is 1. The number of hydrazine groups is 1. The van der Waals surface area contributed by atoms with Crippen LogP contribution in [0.25, 0.3) is 0 Å². The number of hydrogen-bond acceptors (Lipinski definition) is 4. The summed E-state index contributed by atoms with van der Waals surface area (Å²) in [5, 5.41) is 0. The Kier molecular flexibility index (Phi) is 6.17. The number of nitrogens with two attached hydrogens (primary N) is 1. The van der Waals surface area contributed by atoms with E-state index < -0.39 is 0 Å². The molecule has 0 aliphatic rings. The van der Waals surface area contributed by atoms with Crippen molar-refractivity contribution in [2.75, 3.05) is 6.61 Å². The fourth-order valence-electron chi connectivity index (χ4n) is 1.95. The van der Waals surface area contributed by atoms with Gasteiger partial charge in [0.05, 0.1) is 18.3 Å². The van der Waals surface area contributed by atoms with Crippen LogP contribution in [0.2, 0.25) is 0 Å². The Bertz CT molecular complexity index is 590. The van der Waals surface area contributed by atoms with Gasteiger partial charge in [-0.25, -0.2) is 5.43 Å². The molecule has 1 heterocycles. The third-order valence-corrected chi connectivity index (χ3v) is 4.03. The van der Waals surface area contributed by atoms with Gasteiger partial charge in [0, 0.05) is 15.1 Å². The van der Waals surface area contributed by atoms with Crippen molar-refractivity contribution < 1.29 is 4.74 Å². The van der Waals surface area contributed by atoms with Crippen molar-refractivity contribution in [3.63, 3.8) is 0 Å². The SMILES string of the molecule is CCCOc1ccc(C(NN)c2ncc(Br)cc2Br)cc1. The maximum absolute atomic E-state index is 5.71. The van der Waals surface area contributed by atoms with Crippen LogP contribution in [0.1, 0.15) is 30.6 Å². The van der Waals surface area contributed by atoms with E-state index in [9.17, 15) is 0 Å². The standard InChI is InChI=1S/C15H17Br2N3O/c1-2-7-21-12-5-3-10(4-6-12)14(20-18)15-13(17)8-11(16)9-19-15/h3-6,8-9,14,20H,2,7,18H2,1H3. The Morgan fingerprint density at radius 3 is 2.57 bits per heavy atom. The van der Waals surface area contributed by atoms with Crippen LogP contribution < -0.4 is 16.0 Å². The highest BCUT2D eigenvalue weighted by molar-refractivity contribution is 9.11. The molecule has 6 heteroatoms. The molecule has 112 valence electrons. The Morgan fingerprint density at radius 2 is 2.00 bits per heavy atom. The molecule has 0 bridgehead atoms. The molecule has 1 aromatic heterocycles. The summed E-state index contributed by atoms with van der Waals surface area (Å²) in [6.45, 7) is 2.80. The van der Waals surface area contributed by atoms with Gasteiger partial charge in [-0.2, -0.15) is 0 Å². The summed E-state index contributed by atoms with van der Waals surface area (Å²) >= 11 is 6.92. The van der Waals surface area contributed by atoms with Crippen LogP contribution in [0, 0.1) is 0 Å². The molecule has 0 fully saturated rings. The van der Waals surface area contributed by atoms with Crippen LogP contribution in [-0.2, 0) is 0 Å². The quantitative estimate of drug-likeness (QED) is 0.555. The second kappa shape index (κ2) is 7.89. The van der Waals surface area contributed by atoms with Crippen molar-refractivity contribution in [2.24, 2.45) is 5.84 Å². The van der Waals surface area contributed by atoms with Gasteiger partial charge in [0.1, 0.15) is 5.75 Å². The van der Waals surface area contributed by atoms with E-state index in [1.165, 1.54) is 0 Å². The fourth-order valence-corrected chi connectivity index (χ4v) is 3.16. The molecule has 1 aromatic carbocycles. The van der Waals surface area contributed by atoms with E-state index in [1.54, 1.807) is 6.20 Å². The zero-order valence-corrected chi connectivity index (χ0v) is 14.8. The minimum Gasteiger partial charge on any atom is -0.494 e. The number of benzene rings is 1. The summed E-state index contributed by atoms with van der Waals surface area (Å²) in [6, 6.07) is 9.64. The van der Waals surface area contributed by atoms with E-state index in [-0.39, 0.29) is 6.04 Å². The van der Waals surface area contributed by atoms with Crippen LogP contribution in [0.5, 0.6) is 5.75 Å². The summed E-state index contributed by atoms with van der Waals surface area (Å²) in [5.74, 6) is 6.57. The molecule has 0 amide bonds. The summed E-state index contributed by atoms with van der Waals surface area (Å²) in [5.41, 5.74) is 4.67. The predicted octanol–water partition coefficient (Wildman–Crippen LogP) is 3.95. The van der Waals surface area contributed by atoms with Crippen molar-refractivity contribution in [1.29, 1.82) is 0 Å². The van der Waals surface area contributed by atoms with Crippen LogP contribution in [-0.4, -0.2) is 11.6 Å². The Labute approximate surface area is 141 Å². The van der Waals surface area contributed by atoms with E-state index in [0.29, 0.717) is 0 Å². The van der Waals surface area contributed by atoms with E-state index in [4.69, 9.17) is 10.6 Å². The first-order valence-corrected chi connectivity index (χ1v) is 8.24. The number of halogens is 2. The molecule has 4 nitrogen and oxygen atoms in total. The lowest BCUT2D eigenvalue weighted by Gasteiger charge is -2.18. The van der Waals surface area contributed by atoms with Crippen molar-refractivity contribution in [2.45, 2.75) is 19.4 Å². The molecule has 0 aliphatic heterocycles. The summed E-state index contributed by atoms with van der Waals surface area (Å²) in [7, 11) is 0. The predicted molar refractivity (Wildman–Crippen MR) is 91.0 cm³/mol. The smallest absolute Gasteiger partial charge is 0.119 e. The average Bonchev–Trinajstić information content (AvgIpc) is 2.49. The lowest BCUT2D eigenvalue weighted by molar-refractivity contribution is 0.317. The van der Waals surface area contributed by atoms with E-state index in [2.05, 4.69) is 49.2 Å². The first-order valence-electron chi connectivity index (χ1n) is 6.65. The molecule has 2 rings (SSSR count). The molecule has 1 atom stereocenters. The van der Waals surface area contributed by atoms with Crippen LogP contribution in [0.15, 0.2) is 45.5 Å². The molecule has 3 N–H and O–H groups in total. The van der Waals surface area contributed by atoms with Crippen molar-refractivity contribution in [1.82, 2.24) is 10.4 Å². The monoisotopic (exact) mass is 413 g/mol. The van der Waals surface area contributed by atoms with Gasteiger partial charge in [-0.15, -0.1) is 0 Å². The van der Waals surface area contributed by atoms with Gasteiger partial charge < -0.3 is 4.74 Å². The molecule has 0 aliphatic carbocycles. The Balaban J connectivity index is 2.24. The van der Waals surface area contributed by atoms with Crippen LogP contribution in [0.4, 0.5) is 0 Å².